The average molecular weight is 281 g/mol. The van der Waals surface area contributed by atoms with E-state index < -0.39 is 0 Å². The average Bonchev–Trinajstić information content (AvgIpc) is 3.11. The largest absolute Gasteiger partial charge is 0.469 e. The molecule has 0 N–H and O–H groups in total. The van der Waals surface area contributed by atoms with E-state index in [1.165, 1.54) is 0 Å². The fourth-order valence-electron chi connectivity index (χ4n) is 3.53. The molecule has 4 heteroatoms. The van der Waals surface area contributed by atoms with E-state index in [9.17, 15) is 9.59 Å². The molecule has 0 bridgehead atoms. The Morgan fingerprint density at radius 2 is 2.00 bits per heavy atom. The van der Waals surface area contributed by atoms with Gasteiger partial charge in [0.2, 0.25) is 5.91 Å². The van der Waals surface area contributed by atoms with Crippen LogP contribution in [0.1, 0.15) is 34.1 Å². The van der Waals surface area contributed by atoms with Gasteiger partial charge in [0.1, 0.15) is 5.76 Å². The standard InChI is InChI=1S/C17H15NO3/c19-15-10-13(17(20)11-4-2-1-3-5-11)16-12-7-9-21-14(12)6-8-18(15)16/h1-5,7,9,13,16H,6,8,10H2/t13-,16+/m0/s1. The number of fused-ring (bicyclic) bond motifs is 3. The normalized spacial score (nSPS) is 23.8. The van der Waals surface area contributed by atoms with E-state index >= 15 is 0 Å². The van der Waals surface area contributed by atoms with E-state index in [0.29, 0.717) is 18.5 Å². The van der Waals surface area contributed by atoms with Crippen LogP contribution in [0.25, 0.3) is 0 Å². The number of ketones is 1. The number of Topliss-reactive ketones (excluding diaryl/α,β-unsaturated/α-hetero) is 1. The van der Waals surface area contributed by atoms with Crippen LogP contribution in [-0.4, -0.2) is 23.1 Å². The fraction of sp³-hybridized carbons (Fsp3) is 0.294. The lowest BCUT2D eigenvalue weighted by Crippen LogP contribution is -2.36. The Kier molecular flexibility index (Phi) is 2.70. The highest BCUT2D eigenvalue weighted by atomic mass is 16.3. The van der Waals surface area contributed by atoms with Crippen molar-refractivity contribution in [3.8, 4) is 0 Å². The second-order valence-electron chi connectivity index (χ2n) is 5.62. The highest BCUT2D eigenvalue weighted by molar-refractivity contribution is 6.02. The molecular weight excluding hydrogens is 266 g/mol. The van der Waals surface area contributed by atoms with E-state index in [1.54, 1.807) is 6.26 Å². The summed E-state index contributed by atoms with van der Waals surface area (Å²) in [6, 6.07) is 11.0. The van der Waals surface area contributed by atoms with Crippen LogP contribution in [-0.2, 0) is 11.2 Å². The second-order valence-corrected chi connectivity index (χ2v) is 5.62. The summed E-state index contributed by atoms with van der Waals surface area (Å²) < 4.78 is 5.48. The molecule has 0 radical (unpaired) electrons. The minimum Gasteiger partial charge on any atom is -0.469 e. The van der Waals surface area contributed by atoms with Crippen LogP contribution in [0.4, 0.5) is 0 Å². The van der Waals surface area contributed by atoms with Gasteiger partial charge in [-0.15, -0.1) is 0 Å². The number of carbonyl (C=O) groups excluding carboxylic acids is 2. The van der Waals surface area contributed by atoms with Gasteiger partial charge >= 0.3 is 0 Å². The molecule has 1 aromatic heterocycles. The van der Waals surface area contributed by atoms with Crippen LogP contribution in [0.5, 0.6) is 0 Å². The quantitative estimate of drug-likeness (QED) is 0.795. The third-order valence-electron chi connectivity index (χ3n) is 4.51. The highest BCUT2D eigenvalue weighted by Crippen LogP contribution is 2.44. The summed E-state index contributed by atoms with van der Waals surface area (Å²) in [6.45, 7) is 0.641. The third kappa shape index (κ3) is 1.82. The Hall–Kier alpha value is -2.36. The number of furan rings is 1. The van der Waals surface area contributed by atoms with E-state index in [4.69, 9.17) is 4.42 Å². The first-order valence-corrected chi connectivity index (χ1v) is 7.20. The Labute approximate surface area is 122 Å². The zero-order chi connectivity index (χ0) is 14.4. The van der Waals surface area contributed by atoms with Crippen LogP contribution >= 0.6 is 0 Å². The van der Waals surface area contributed by atoms with Crippen LogP contribution in [0, 0.1) is 5.92 Å². The van der Waals surface area contributed by atoms with Crippen molar-refractivity contribution in [1.29, 1.82) is 0 Å². The number of rotatable bonds is 2. The maximum absolute atomic E-state index is 12.8. The Balaban J connectivity index is 1.74. The Morgan fingerprint density at radius 3 is 2.81 bits per heavy atom. The first-order chi connectivity index (χ1) is 10.3. The molecule has 4 rings (SSSR count). The van der Waals surface area contributed by atoms with Gasteiger partial charge in [0, 0.05) is 30.5 Å². The van der Waals surface area contributed by atoms with E-state index in [2.05, 4.69) is 0 Å². The van der Waals surface area contributed by atoms with Gasteiger partial charge in [0.15, 0.2) is 5.78 Å². The molecule has 0 saturated carbocycles. The summed E-state index contributed by atoms with van der Waals surface area (Å²) in [5.41, 5.74) is 1.68. The molecule has 0 spiro atoms. The van der Waals surface area contributed by atoms with Gasteiger partial charge in [-0.3, -0.25) is 9.59 Å². The molecule has 2 atom stereocenters. The maximum atomic E-state index is 12.8. The van der Waals surface area contributed by atoms with Gasteiger partial charge in [0.05, 0.1) is 18.2 Å². The van der Waals surface area contributed by atoms with E-state index in [1.807, 2.05) is 41.3 Å². The van der Waals surface area contributed by atoms with Crippen LogP contribution < -0.4 is 0 Å². The predicted octanol–water partition coefficient (Wildman–Crippen LogP) is 2.61. The number of hydrogen-bond donors (Lipinski definition) is 0. The minimum atomic E-state index is -0.309. The van der Waals surface area contributed by atoms with Crippen molar-refractivity contribution < 1.29 is 14.0 Å². The summed E-state index contributed by atoms with van der Waals surface area (Å²) in [4.78, 5) is 26.8. The van der Waals surface area contributed by atoms with Crippen molar-refractivity contribution in [2.75, 3.05) is 6.54 Å². The van der Waals surface area contributed by atoms with Crippen molar-refractivity contribution >= 4 is 11.7 Å². The molecule has 0 aliphatic carbocycles. The molecule has 1 aromatic carbocycles. The van der Waals surface area contributed by atoms with E-state index in [-0.39, 0.29) is 23.7 Å². The molecule has 3 heterocycles. The summed E-state index contributed by atoms with van der Waals surface area (Å²) >= 11 is 0. The van der Waals surface area contributed by atoms with Crippen LogP contribution in [0.3, 0.4) is 0 Å². The molecular formula is C17H15NO3. The van der Waals surface area contributed by atoms with Crippen molar-refractivity contribution in [3.63, 3.8) is 0 Å². The fourth-order valence-corrected chi connectivity index (χ4v) is 3.53. The molecule has 2 aromatic rings. The van der Waals surface area contributed by atoms with Crippen molar-refractivity contribution in [1.82, 2.24) is 4.90 Å². The minimum absolute atomic E-state index is 0.0468. The molecule has 1 amide bonds. The molecule has 2 aliphatic heterocycles. The smallest absolute Gasteiger partial charge is 0.223 e. The van der Waals surface area contributed by atoms with Gasteiger partial charge in [0.25, 0.3) is 0 Å². The predicted molar refractivity (Wildman–Crippen MR) is 75.7 cm³/mol. The third-order valence-corrected chi connectivity index (χ3v) is 4.51. The van der Waals surface area contributed by atoms with Gasteiger partial charge in [-0.1, -0.05) is 30.3 Å². The van der Waals surface area contributed by atoms with Crippen molar-refractivity contribution in [2.45, 2.75) is 18.9 Å². The second kappa shape index (κ2) is 4.58. The zero-order valence-electron chi connectivity index (χ0n) is 11.5. The summed E-state index contributed by atoms with van der Waals surface area (Å²) in [6.07, 6.45) is 2.68. The first-order valence-electron chi connectivity index (χ1n) is 7.20. The number of nitrogens with zero attached hydrogens (tertiary/aromatic N) is 1. The Bertz CT molecular complexity index is 704. The topological polar surface area (TPSA) is 50.5 Å². The molecule has 21 heavy (non-hydrogen) atoms. The van der Waals surface area contributed by atoms with Gasteiger partial charge in [-0.05, 0) is 6.07 Å². The molecule has 2 aliphatic rings. The lowest BCUT2D eigenvalue weighted by atomic mass is 9.85. The Morgan fingerprint density at radius 1 is 1.19 bits per heavy atom. The molecule has 1 fully saturated rings. The molecule has 106 valence electrons. The maximum Gasteiger partial charge on any atom is 0.223 e. The molecule has 1 saturated heterocycles. The van der Waals surface area contributed by atoms with Crippen LogP contribution in [0.2, 0.25) is 0 Å². The number of hydrogen-bond acceptors (Lipinski definition) is 3. The molecule has 4 nitrogen and oxygen atoms in total. The van der Waals surface area contributed by atoms with Gasteiger partial charge < -0.3 is 9.32 Å². The molecule has 0 unspecified atom stereocenters. The number of amides is 1. The summed E-state index contributed by atoms with van der Waals surface area (Å²) in [7, 11) is 0. The van der Waals surface area contributed by atoms with Crippen molar-refractivity contribution in [2.24, 2.45) is 5.92 Å². The lowest BCUT2D eigenvalue weighted by molar-refractivity contribution is -0.129. The zero-order valence-corrected chi connectivity index (χ0v) is 11.5. The first kappa shape index (κ1) is 12.4. The number of benzene rings is 1. The SMILES string of the molecule is O=C(c1ccccc1)[C@H]1CC(=O)N2CCc3occc3[C@H]12. The van der Waals surface area contributed by atoms with Crippen LogP contribution in [0.15, 0.2) is 47.1 Å². The highest BCUT2D eigenvalue weighted by Gasteiger charge is 2.47. The summed E-state index contributed by atoms with van der Waals surface area (Å²) in [5.74, 6) is 0.722. The van der Waals surface area contributed by atoms with Gasteiger partial charge in [-0.2, -0.15) is 0 Å². The van der Waals surface area contributed by atoms with Gasteiger partial charge in [-0.25, -0.2) is 0 Å². The summed E-state index contributed by atoms with van der Waals surface area (Å²) in [5, 5.41) is 0. The monoisotopic (exact) mass is 281 g/mol. The lowest BCUT2D eigenvalue weighted by Gasteiger charge is -2.31. The van der Waals surface area contributed by atoms with E-state index in [0.717, 1.165) is 17.7 Å². The van der Waals surface area contributed by atoms with Crippen molar-refractivity contribution in [3.05, 3.63) is 59.5 Å². The number of carbonyl (C=O) groups is 2.